The minimum atomic E-state index is -2.42. The predicted molar refractivity (Wildman–Crippen MR) is 151 cm³/mol. The summed E-state index contributed by atoms with van der Waals surface area (Å²) in [6.45, 7) is 9.41. The Balaban J connectivity index is 0.000000358. The summed E-state index contributed by atoms with van der Waals surface area (Å²) in [6.07, 6.45) is 6.20. The molecule has 11 heteroatoms. The maximum absolute atomic E-state index is 12.7. The van der Waals surface area contributed by atoms with Crippen molar-refractivity contribution in [3.63, 3.8) is 0 Å². The van der Waals surface area contributed by atoms with Gasteiger partial charge in [-0.1, -0.05) is 46.5 Å². The second-order valence-electron chi connectivity index (χ2n) is 9.15. The molecule has 3 heterocycles. The lowest BCUT2D eigenvalue weighted by molar-refractivity contribution is -0.115. The zero-order valence-electron chi connectivity index (χ0n) is 22.8. The van der Waals surface area contributed by atoms with Crippen LogP contribution < -0.4 is 10.6 Å². The smallest absolute Gasteiger partial charge is 0.253 e. The second-order valence-corrected chi connectivity index (χ2v) is 10.0. The van der Waals surface area contributed by atoms with Crippen molar-refractivity contribution in [1.82, 2.24) is 19.8 Å². The second kappa shape index (κ2) is 15.4. The zero-order valence-corrected chi connectivity index (χ0v) is 23.6. The minimum absolute atomic E-state index is 0.0203. The van der Waals surface area contributed by atoms with Gasteiger partial charge in [0.25, 0.3) is 5.91 Å². The van der Waals surface area contributed by atoms with E-state index in [0.29, 0.717) is 28.7 Å². The Morgan fingerprint density at radius 2 is 1.95 bits per heavy atom. The lowest BCUT2D eigenvalue weighted by Gasteiger charge is -2.14. The van der Waals surface area contributed by atoms with Crippen LogP contribution in [0.1, 0.15) is 68.9 Å². The molecular weight excluding hydrogens is 507 g/mol. The molecule has 0 saturated heterocycles. The number of hydrogen-bond acceptors (Lipinski definition) is 5. The summed E-state index contributed by atoms with van der Waals surface area (Å²) in [5.41, 5.74) is 2.86. The van der Waals surface area contributed by atoms with E-state index in [9.17, 15) is 18.4 Å². The average molecular weight is 545 g/mol. The van der Waals surface area contributed by atoms with Crippen molar-refractivity contribution in [2.45, 2.75) is 72.5 Å². The van der Waals surface area contributed by atoms with E-state index in [1.54, 1.807) is 29.9 Å². The number of carbonyl (C=O) groups excluding carboxylic acids is 2. The van der Waals surface area contributed by atoms with Crippen molar-refractivity contribution in [3.05, 3.63) is 53.3 Å². The molecule has 0 saturated carbocycles. The minimum Gasteiger partial charge on any atom is -0.402 e. The van der Waals surface area contributed by atoms with Gasteiger partial charge in [-0.3, -0.25) is 14.6 Å². The first-order valence-electron chi connectivity index (χ1n) is 12.9. The summed E-state index contributed by atoms with van der Waals surface area (Å²) in [5, 5.41) is 7.57. The molecule has 0 aliphatic rings. The normalized spacial score (nSPS) is 11.8. The molecule has 3 rings (SSSR count). The highest BCUT2D eigenvalue weighted by Crippen LogP contribution is 2.26. The van der Waals surface area contributed by atoms with Crippen LogP contribution in [0, 0.1) is 12.8 Å². The fourth-order valence-corrected chi connectivity index (χ4v) is 4.08. The van der Waals surface area contributed by atoms with Crippen LogP contribution in [0.25, 0.3) is 11.4 Å². The van der Waals surface area contributed by atoms with Crippen molar-refractivity contribution < 1.29 is 18.4 Å². The number of aryl methyl sites for hydroxylation is 1. The van der Waals surface area contributed by atoms with Crippen molar-refractivity contribution in [1.29, 1.82) is 0 Å². The highest BCUT2D eigenvalue weighted by atomic mass is 32.1. The molecule has 0 aliphatic heterocycles. The van der Waals surface area contributed by atoms with Crippen LogP contribution in [0.3, 0.4) is 0 Å². The van der Waals surface area contributed by atoms with Crippen molar-refractivity contribution in [3.8, 4) is 11.4 Å². The van der Waals surface area contributed by atoms with Gasteiger partial charge < -0.3 is 15.1 Å². The van der Waals surface area contributed by atoms with E-state index in [2.05, 4.69) is 34.4 Å². The Bertz CT molecular complexity index is 1170. The van der Waals surface area contributed by atoms with E-state index >= 15 is 0 Å². The number of halogens is 2. The molecule has 0 aromatic carbocycles. The van der Waals surface area contributed by atoms with Gasteiger partial charge >= 0.3 is 0 Å². The Morgan fingerprint density at radius 1 is 1.18 bits per heavy atom. The summed E-state index contributed by atoms with van der Waals surface area (Å²) in [6, 6.07) is 7.38. The van der Waals surface area contributed by atoms with Crippen LogP contribution in [-0.4, -0.2) is 46.1 Å². The van der Waals surface area contributed by atoms with E-state index in [4.69, 9.17) is 0 Å². The molecule has 3 aromatic heterocycles. The van der Waals surface area contributed by atoms with Gasteiger partial charge in [-0.15, -0.1) is 11.3 Å². The molecule has 1 atom stereocenters. The first-order valence-corrected chi connectivity index (χ1v) is 13.8. The summed E-state index contributed by atoms with van der Waals surface area (Å²) in [7, 11) is 1.83. The molecule has 0 spiro atoms. The Morgan fingerprint density at radius 3 is 2.58 bits per heavy atom. The summed E-state index contributed by atoms with van der Waals surface area (Å²) < 4.78 is 27.2. The van der Waals surface area contributed by atoms with E-state index in [-0.39, 0.29) is 31.2 Å². The van der Waals surface area contributed by atoms with Crippen LogP contribution in [0.5, 0.6) is 0 Å². The third-order valence-electron chi connectivity index (χ3n) is 6.04. The third kappa shape index (κ3) is 10.7. The summed E-state index contributed by atoms with van der Waals surface area (Å²) in [5.74, 6) is -2.46. The van der Waals surface area contributed by atoms with Crippen LogP contribution >= 0.6 is 11.3 Å². The van der Waals surface area contributed by atoms with E-state index < -0.39 is 5.92 Å². The molecule has 1 radical (unpaired) electrons. The molecule has 38 heavy (non-hydrogen) atoms. The highest BCUT2D eigenvalue weighted by Gasteiger charge is 2.25. The van der Waals surface area contributed by atoms with Crippen molar-refractivity contribution in [2.75, 3.05) is 11.9 Å². The van der Waals surface area contributed by atoms with Crippen LogP contribution in [0.15, 0.2) is 42.0 Å². The van der Waals surface area contributed by atoms with Gasteiger partial charge in [0.1, 0.15) is 5.69 Å². The highest BCUT2D eigenvalue weighted by molar-refractivity contribution is 7.14. The lowest BCUT2D eigenvalue weighted by Crippen LogP contribution is -2.32. The SMILES string of the molecule is CCC(C)CCCC(F)(F)CC.C[B]n1ccc(C(=O)NCC(=O)Nc2nc(-c3cccc(C)n3)cs2)c1. The van der Waals surface area contributed by atoms with Crippen LogP contribution in [0.2, 0.25) is 6.82 Å². The number of nitrogens with zero attached hydrogens (tertiary/aromatic N) is 3. The Labute approximate surface area is 228 Å². The number of alkyl halides is 2. The van der Waals surface area contributed by atoms with Gasteiger partial charge in [0.05, 0.1) is 17.8 Å². The molecule has 205 valence electrons. The Hall–Kier alpha value is -3.08. The number of rotatable bonds is 12. The predicted octanol–water partition coefficient (Wildman–Crippen LogP) is 6.45. The number of thiazole rings is 1. The van der Waals surface area contributed by atoms with Gasteiger partial charge in [-0.25, -0.2) is 13.8 Å². The van der Waals surface area contributed by atoms with Gasteiger partial charge in [0.2, 0.25) is 19.2 Å². The molecule has 0 bridgehead atoms. The first-order chi connectivity index (χ1) is 18.1. The topological polar surface area (TPSA) is 88.9 Å². The van der Waals surface area contributed by atoms with Crippen LogP contribution in [-0.2, 0) is 4.79 Å². The van der Waals surface area contributed by atoms with Gasteiger partial charge in [-0.05, 0) is 43.7 Å². The van der Waals surface area contributed by atoms with E-state index in [1.165, 1.54) is 11.3 Å². The standard InChI is InChI=1S/C17H17BN5O2S.C10H20F2/c1-11-4-3-5-13(20-11)14-10-26-17(21-14)22-15(24)8-19-16(25)12-6-7-23(9-12)18-2;1-4-9(3)7-6-8-10(11,12)5-2/h3-7,9-10H,8H2,1-2H3,(H,19,25)(H,21,22,24);9H,4-8H2,1-3H3. The monoisotopic (exact) mass is 544 g/mol. The number of hydrogen-bond donors (Lipinski definition) is 2. The zero-order chi connectivity index (χ0) is 28.1. The van der Waals surface area contributed by atoms with Crippen molar-refractivity contribution >= 4 is 35.7 Å². The fourth-order valence-electron chi connectivity index (χ4n) is 3.36. The first kappa shape index (κ1) is 31.1. The number of pyridine rings is 1. The van der Waals surface area contributed by atoms with E-state index in [1.807, 2.05) is 44.7 Å². The van der Waals surface area contributed by atoms with Gasteiger partial charge in [0.15, 0.2) is 5.13 Å². The maximum Gasteiger partial charge on any atom is 0.253 e. The largest absolute Gasteiger partial charge is 0.402 e. The number of carbonyl (C=O) groups is 2. The Kier molecular flexibility index (Phi) is 12.6. The van der Waals surface area contributed by atoms with Crippen molar-refractivity contribution in [2.24, 2.45) is 5.92 Å². The number of nitrogens with one attached hydrogen (secondary N) is 2. The average Bonchev–Trinajstić information content (AvgIpc) is 3.57. The lowest BCUT2D eigenvalue weighted by atomic mass is 9.99. The quantitative estimate of drug-likeness (QED) is 0.257. The summed E-state index contributed by atoms with van der Waals surface area (Å²) >= 11 is 1.31. The molecule has 2 amide bonds. The third-order valence-corrected chi connectivity index (χ3v) is 6.80. The van der Waals surface area contributed by atoms with Crippen LogP contribution in [0.4, 0.5) is 13.9 Å². The molecular formula is C27H37BF2N5O2S. The van der Waals surface area contributed by atoms with Gasteiger partial charge in [-0.2, -0.15) is 0 Å². The number of amides is 2. The fraction of sp³-hybridized carbons (Fsp3) is 0.481. The van der Waals surface area contributed by atoms with E-state index in [0.717, 1.165) is 24.2 Å². The number of aromatic nitrogens is 3. The van der Waals surface area contributed by atoms with Gasteiger partial charge in [0, 0.05) is 30.1 Å². The molecule has 2 N–H and O–H groups in total. The molecule has 1 unspecified atom stereocenters. The molecule has 0 fully saturated rings. The molecule has 7 nitrogen and oxygen atoms in total. The maximum atomic E-state index is 12.7. The molecule has 3 aromatic rings. The summed E-state index contributed by atoms with van der Waals surface area (Å²) in [4.78, 5) is 32.8. The molecule has 0 aliphatic carbocycles. The number of anilines is 1.